The predicted molar refractivity (Wildman–Crippen MR) is 112 cm³/mol. The maximum atomic E-state index is 14.2. The number of likely N-dealkylation sites (N-methyl/N-ethyl adjacent to an activating group) is 1. The Balaban J connectivity index is 1.92. The topological polar surface area (TPSA) is 97.4 Å². The fraction of sp³-hybridized carbons (Fsp3) is 0.286. The summed E-state index contributed by atoms with van der Waals surface area (Å²) in [4.78, 5) is 27.1. The Morgan fingerprint density at radius 3 is 2.56 bits per heavy atom. The summed E-state index contributed by atoms with van der Waals surface area (Å²) in [5.41, 5.74) is 0.849. The van der Waals surface area contributed by atoms with Crippen molar-refractivity contribution in [2.45, 2.75) is 13.5 Å². The largest absolute Gasteiger partial charge is 0.331 e. The average molecular weight is 444 g/mol. The smallest absolute Gasteiger partial charge is 0.276 e. The number of nitro groups is 1. The highest BCUT2D eigenvalue weighted by Gasteiger charge is 2.24. The summed E-state index contributed by atoms with van der Waals surface area (Å²) in [6.45, 7) is 2.31. The van der Waals surface area contributed by atoms with E-state index in [1.54, 1.807) is 13.0 Å². The molecule has 1 heterocycles. The zero-order valence-electron chi connectivity index (χ0n) is 17.8. The first-order chi connectivity index (χ1) is 15.2. The summed E-state index contributed by atoms with van der Waals surface area (Å²) in [7, 11) is 3.68. The Morgan fingerprint density at radius 1 is 1.16 bits per heavy atom. The highest BCUT2D eigenvalue weighted by atomic mass is 19.1. The number of nitro benzene ring substituents is 1. The first-order valence-electron chi connectivity index (χ1n) is 9.72. The van der Waals surface area contributed by atoms with Crippen LogP contribution in [0.3, 0.4) is 0 Å². The number of amides is 1. The molecule has 1 amide bonds. The molecule has 0 saturated heterocycles. The van der Waals surface area contributed by atoms with Crippen LogP contribution in [0.15, 0.2) is 42.5 Å². The predicted octanol–water partition coefficient (Wildman–Crippen LogP) is 2.97. The van der Waals surface area contributed by atoms with Crippen LogP contribution in [0.25, 0.3) is 5.69 Å². The fourth-order valence-corrected chi connectivity index (χ4v) is 3.09. The summed E-state index contributed by atoms with van der Waals surface area (Å²) in [6, 6.07) is 9.01. The van der Waals surface area contributed by atoms with Crippen molar-refractivity contribution in [1.29, 1.82) is 0 Å². The Morgan fingerprint density at radius 2 is 1.91 bits per heavy atom. The second-order valence-corrected chi connectivity index (χ2v) is 7.48. The molecule has 0 bridgehead atoms. The number of hydrogen-bond acceptors (Lipinski definition) is 6. The van der Waals surface area contributed by atoms with Crippen LogP contribution in [0.4, 0.5) is 14.5 Å². The standard InChI is InChI=1S/C21H22F2N6O3/c1-14-20(24-25-28(14)17-5-4-6-18(12-17)29(31)32)21(30)27(10-9-26(2)3)13-15-7-8-16(22)11-19(15)23/h4-8,11-12H,9-10,13H2,1-3H3. The van der Waals surface area contributed by atoms with Crippen LogP contribution in [-0.2, 0) is 6.54 Å². The second kappa shape index (κ2) is 9.60. The van der Waals surface area contributed by atoms with Crippen LogP contribution >= 0.6 is 0 Å². The zero-order valence-corrected chi connectivity index (χ0v) is 17.8. The zero-order chi connectivity index (χ0) is 23.4. The fourth-order valence-electron chi connectivity index (χ4n) is 3.09. The minimum absolute atomic E-state index is 0.0396. The number of aromatic nitrogens is 3. The first kappa shape index (κ1) is 22.9. The lowest BCUT2D eigenvalue weighted by atomic mass is 10.1. The highest BCUT2D eigenvalue weighted by Crippen LogP contribution is 2.20. The van der Waals surface area contributed by atoms with Crippen LogP contribution < -0.4 is 0 Å². The van der Waals surface area contributed by atoms with Gasteiger partial charge in [0, 0.05) is 43.4 Å². The van der Waals surface area contributed by atoms with Crippen LogP contribution in [0.5, 0.6) is 0 Å². The quantitative estimate of drug-likeness (QED) is 0.391. The third-order valence-electron chi connectivity index (χ3n) is 4.86. The SMILES string of the molecule is Cc1c(C(=O)N(CCN(C)C)Cc2ccc(F)cc2F)nnn1-c1cccc([N+](=O)[O-])c1. The molecular formula is C21H22F2N6O3. The van der Waals surface area contributed by atoms with E-state index in [0.717, 1.165) is 12.1 Å². The monoisotopic (exact) mass is 444 g/mol. The average Bonchev–Trinajstić information content (AvgIpc) is 3.13. The maximum Gasteiger partial charge on any atom is 0.276 e. The number of nitrogens with zero attached hydrogens (tertiary/aromatic N) is 6. The van der Waals surface area contributed by atoms with Crippen LogP contribution in [0.2, 0.25) is 0 Å². The summed E-state index contributed by atoms with van der Waals surface area (Å²) in [6.07, 6.45) is 0. The molecule has 0 aliphatic carbocycles. The number of non-ortho nitro benzene ring substituents is 1. The third-order valence-corrected chi connectivity index (χ3v) is 4.86. The van der Waals surface area contributed by atoms with E-state index in [0.29, 0.717) is 17.9 Å². The molecule has 0 radical (unpaired) electrons. The van der Waals surface area contributed by atoms with Gasteiger partial charge in [0.1, 0.15) is 11.6 Å². The summed E-state index contributed by atoms with van der Waals surface area (Å²) in [5, 5.41) is 19.0. The number of benzene rings is 2. The number of halogens is 2. The first-order valence-corrected chi connectivity index (χ1v) is 9.72. The van der Waals surface area contributed by atoms with E-state index < -0.39 is 22.5 Å². The van der Waals surface area contributed by atoms with Crippen molar-refractivity contribution in [2.75, 3.05) is 27.2 Å². The minimum Gasteiger partial charge on any atom is -0.331 e. The minimum atomic E-state index is -0.746. The molecule has 168 valence electrons. The molecule has 0 aliphatic rings. The summed E-state index contributed by atoms with van der Waals surface area (Å²) >= 11 is 0. The molecule has 0 saturated carbocycles. The van der Waals surface area contributed by atoms with E-state index in [4.69, 9.17) is 0 Å². The van der Waals surface area contributed by atoms with Crippen molar-refractivity contribution in [3.05, 3.63) is 81.2 Å². The van der Waals surface area contributed by atoms with Crippen molar-refractivity contribution >= 4 is 11.6 Å². The Labute approximate surface area is 183 Å². The van der Waals surface area contributed by atoms with E-state index >= 15 is 0 Å². The van der Waals surface area contributed by atoms with Gasteiger partial charge in [-0.15, -0.1) is 5.10 Å². The molecule has 32 heavy (non-hydrogen) atoms. The van der Waals surface area contributed by atoms with E-state index in [-0.39, 0.29) is 30.0 Å². The van der Waals surface area contributed by atoms with Crippen molar-refractivity contribution in [3.63, 3.8) is 0 Å². The normalized spacial score (nSPS) is 11.1. The Kier molecular flexibility index (Phi) is 6.89. The van der Waals surface area contributed by atoms with Gasteiger partial charge in [-0.2, -0.15) is 0 Å². The molecule has 0 unspecified atom stereocenters. The molecular weight excluding hydrogens is 422 g/mol. The van der Waals surface area contributed by atoms with Gasteiger partial charge in [-0.05, 0) is 33.2 Å². The molecule has 11 heteroatoms. The maximum absolute atomic E-state index is 14.2. The van der Waals surface area contributed by atoms with Gasteiger partial charge in [0.05, 0.1) is 16.3 Å². The van der Waals surface area contributed by atoms with Gasteiger partial charge in [0.15, 0.2) is 5.69 Å². The molecule has 1 aromatic heterocycles. The Hall–Kier alpha value is -3.73. The van der Waals surface area contributed by atoms with E-state index in [1.807, 2.05) is 19.0 Å². The molecule has 0 spiro atoms. The highest BCUT2D eigenvalue weighted by molar-refractivity contribution is 5.93. The molecule has 3 aromatic rings. The number of carbonyl (C=O) groups is 1. The van der Waals surface area contributed by atoms with Crippen LogP contribution in [0, 0.1) is 28.7 Å². The number of rotatable bonds is 8. The lowest BCUT2D eigenvalue weighted by Gasteiger charge is -2.24. The van der Waals surface area contributed by atoms with E-state index in [9.17, 15) is 23.7 Å². The van der Waals surface area contributed by atoms with Gasteiger partial charge in [-0.1, -0.05) is 17.3 Å². The Bertz CT molecular complexity index is 1150. The van der Waals surface area contributed by atoms with Gasteiger partial charge in [0.2, 0.25) is 0 Å². The molecule has 0 N–H and O–H groups in total. The molecule has 0 aliphatic heterocycles. The van der Waals surface area contributed by atoms with Gasteiger partial charge in [-0.25, -0.2) is 13.5 Å². The van der Waals surface area contributed by atoms with Crippen molar-refractivity contribution in [3.8, 4) is 5.69 Å². The summed E-state index contributed by atoms with van der Waals surface area (Å²) in [5.74, 6) is -1.93. The lowest BCUT2D eigenvalue weighted by molar-refractivity contribution is -0.384. The lowest BCUT2D eigenvalue weighted by Crippen LogP contribution is -2.37. The molecule has 2 aromatic carbocycles. The summed E-state index contributed by atoms with van der Waals surface area (Å²) < 4.78 is 28.8. The van der Waals surface area contributed by atoms with Crippen molar-refractivity contribution < 1.29 is 18.5 Å². The van der Waals surface area contributed by atoms with E-state index in [1.165, 1.54) is 33.8 Å². The van der Waals surface area contributed by atoms with Crippen LogP contribution in [-0.4, -0.2) is 62.8 Å². The third kappa shape index (κ3) is 5.11. The molecule has 3 rings (SSSR count). The number of hydrogen-bond donors (Lipinski definition) is 0. The van der Waals surface area contributed by atoms with Gasteiger partial charge >= 0.3 is 0 Å². The van der Waals surface area contributed by atoms with Gasteiger partial charge in [0.25, 0.3) is 11.6 Å². The molecule has 9 nitrogen and oxygen atoms in total. The van der Waals surface area contributed by atoms with E-state index in [2.05, 4.69) is 10.3 Å². The van der Waals surface area contributed by atoms with Gasteiger partial charge < -0.3 is 9.80 Å². The van der Waals surface area contributed by atoms with Crippen molar-refractivity contribution in [1.82, 2.24) is 24.8 Å². The number of carbonyl (C=O) groups excluding carboxylic acids is 1. The molecule has 0 atom stereocenters. The van der Waals surface area contributed by atoms with Gasteiger partial charge in [-0.3, -0.25) is 14.9 Å². The molecule has 0 fully saturated rings. The second-order valence-electron chi connectivity index (χ2n) is 7.48. The van der Waals surface area contributed by atoms with Crippen molar-refractivity contribution in [2.24, 2.45) is 0 Å². The van der Waals surface area contributed by atoms with Crippen LogP contribution in [0.1, 0.15) is 21.7 Å².